The molecule has 0 aliphatic carbocycles. The van der Waals surface area contributed by atoms with Gasteiger partial charge in [-0.15, -0.1) is 0 Å². The van der Waals surface area contributed by atoms with Crippen molar-refractivity contribution in [1.82, 2.24) is 5.32 Å². The van der Waals surface area contributed by atoms with Crippen LogP contribution in [0.1, 0.15) is 56.1 Å². The van der Waals surface area contributed by atoms with Crippen LogP contribution in [0.5, 0.6) is 5.75 Å². The first-order valence-corrected chi connectivity index (χ1v) is 11.7. The van der Waals surface area contributed by atoms with Crippen LogP contribution in [-0.2, 0) is 9.62 Å². The van der Waals surface area contributed by atoms with Crippen LogP contribution in [0.4, 0.5) is 0 Å². The number of rotatable bonds is 8. The minimum absolute atomic E-state index is 0.438. The van der Waals surface area contributed by atoms with Gasteiger partial charge < -0.3 is 14.9 Å². The van der Waals surface area contributed by atoms with Crippen molar-refractivity contribution < 1.29 is 14.5 Å². The average Bonchev–Trinajstić information content (AvgIpc) is 2.88. The van der Waals surface area contributed by atoms with Gasteiger partial charge in [-0.25, -0.2) is 9.98 Å². The Hall–Kier alpha value is -3.48. The summed E-state index contributed by atoms with van der Waals surface area (Å²) in [5, 5.41) is 3.41. The van der Waals surface area contributed by atoms with Gasteiger partial charge in [0.2, 0.25) is 0 Å². The maximum absolute atomic E-state index is 5.84. The SMILES string of the molecule is COC(C)(C)C(C)(C)OOc1cc(C)cc(C2N=C(c3ccccc3)NC(c3ccccc3)=N2)c1. The van der Waals surface area contributed by atoms with Crippen LogP contribution in [0.3, 0.4) is 0 Å². The van der Waals surface area contributed by atoms with Gasteiger partial charge in [-0.3, -0.25) is 0 Å². The first kappa shape index (κ1) is 24.6. The van der Waals surface area contributed by atoms with Crippen molar-refractivity contribution in [2.75, 3.05) is 7.11 Å². The number of aryl methyl sites for hydroxylation is 1. The summed E-state index contributed by atoms with van der Waals surface area (Å²) in [7, 11) is 1.66. The molecule has 3 aromatic rings. The van der Waals surface area contributed by atoms with E-state index in [1.165, 1.54) is 0 Å². The molecule has 1 aliphatic heterocycles. The fourth-order valence-corrected chi connectivity index (χ4v) is 3.56. The van der Waals surface area contributed by atoms with Crippen molar-refractivity contribution in [3.63, 3.8) is 0 Å². The number of hydrogen-bond acceptors (Lipinski definition) is 6. The zero-order chi connectivity index (χ0) is 25.1. The van der Waals surface area contributed by atoms with E-state index in [1.807, 2.05) is 107 Å². The van der Waals surface area contributed by atoms with Crippen LogP contribution in [0, 0.1) is 6.92 Å². The third kappa shape index (κ3) is 5.61. The summed E-state index contributed by atoms with van der Waals surface area (Å²) < 4.78 is 5.59. The molecule has 0 saturated carbocycles. The number of aliphatic imine (C=N–C) groups is 2. The molecule has 3 aromatic carbocycles. The first-order valence-electron chi connectivity index (χ1n) is 11.7. The molecular weight excluding hydrogens is 438 g/mol. The summed E-state index contributed by atoms with van der Waals surface area (Å²) in [6.07, 6.45) is -0.438. The largest absolute Gasteiger partial charge is 0.376 e. The lowest BCUT2D eigenvalue weighted by atomic mass is 9.89. The van der Waals surface area contributed by atoms with Crippen molar-refractivity contribution >= 4 is 11.7 Å². The zero-order valence-corrected chi connectivity index (χ0v) is 21.2. The fourth-order valence-electron chi connectivity index (χ4n) is 3.56. The van der Waals surface area contributed by atoms with Crippen molar-refractivity contribution in [1.29, 1.82) is 0 Å². The highest BCUT2D eigenvalue weighted by molar-refractivity contribution is 6.15. The van der Waals surface area contributed by atoms with Crippen LogP contribution in [0.25, 0.3) is 0 Å². The molecule has 0 spiro atoms. The molecule has 0 atom stereocenters. The normalized spacial score (nSPS) is 14.7. The molecule has 0 fully saturated rings. The van der Waals surface area contributed by atoms with Gasteiger partial charge in [0.1, 0.15) is 17.3 Å². The van der Waals surface area contributed by atoms with Crippen LogP contribution in [0.2, 0.25) is 0 Å². The number of ether oxygens (including phenoxy) is 1. The molecule has 0 radical (unpaired) electrons. The molecular formula is C29H33N3O3. The van der Waals surface area contributed by atoms with Gasteiger partial charge in [-0.05, 0) is 52.3 Å². The van der Waals surface area contributed by atoms with Crippen molar-refractivity contribution in [3.05, 3.63) is 101 Å². The van der Waals surface area contributed by atoms with E-state index in [9.17, 15) is 0 Å². The fraction of sp³-hybridized carbons (Fsp3) is 0.310. The molecule has 0 bridgehead atoms. The van der Waals surface area contributed by atoms with Crippen LogP contribution in [0.15, 0.2) is 88.8 Å². The Balaban J connectivity index is 1.68. The summed E-state index contributed by atoms with van der Waals surface area (Å²) in [6, 6.07) is 26.1. The predicted octanol–water partition coefficient (Wildman–Crippen LogP) is 6.00. The standard InChI is InChI=1S/C29H33N3O3/c1-20-17-23(19-24(18-20)34-35-29(4,5)28(2,3)33-6)27-31-25(21-13-9-7-10-14-21)30-26(32-27)22-15-11-8-12-16-22/h7-19,27H,1-6H3,(H,30,31,32). The van der Waals surface area contributed by atoms with Gasteiger partial charge >= 0.3 is 0 Å². The highest BCUT2D eigenvalue weighted by Gasteiger charge is 2.40. The van der Waals surface area contributed by atoms with E-state index in [2.05, 4.69) is 11.4 Å². The lowest BCUT2D eigenvalue weighted by molar-refractivity contribution is -0.324. The van der Waals surface area contributed by atoms with Gasteiger partial charge in [0, 0.05) is 23.8 Å². The summed E-state index contributed by atoms with van der Waals surface area (Å²) in [6.45, 7) is 9.82. The quantitative estimate of drug-likeness (QED) is 0.323. The molecule has 6 heteroatoms. The molecule has 0 aromatic heterocycles. The Kier molecular flexibility index (Phi) is 7.05. The van der Waals surface area contributed by atoms with Crippen LogP contribution < -0.4 is 10.2 Å². The Morgan fingerprint density at radius 1 is 0.743 bits per heavy atom. The number of amidine groups is 2. The van der Waals surface area contributed by atoms with E-state index in [-0.39, 0.29) is 0 Å². The Labute approximate surface area is 207 Å². The first-order chi connectivity index (χ1) is 16.7. The number of methoxy groups -OCH3 is 1. The number of nitrogens with zero attached hydrogens (tertiary/aromatic N) is 2. The topological polar surface area (TPSA) is 64.4 Å². The molecule has 6 nitrogen and oxygen atoms in total. The third-order valence-electron chi connectivity index (χ3n) is 6.51. The molecule has 0 amide bonds. The Morgan fingerprint density at radius 2 is 1.29 bits per heavy atom. The third-order valence-corrected chi connectivity index (χ3v) is 6.51. The Morgan fingerprint density at radius 3 is 1.80 bits per heavy atom. The van der Waals surface area contributed by atoms with Gasteiger partial charge in [0.05, 0.1) is 5.60 Å². The van der Waals surface area contributed by atoms with E-state index < -0.39 is 17.4 Å². The Bertz CT molecular complexity index is 1160. The lowest BCUT2D eigenvalue weighted by Gasteiger charge is -2.38. The van der Waals surface area contributed by atoms with Crippen molar-refractivity contribution in [2.45, 2.75) is 52.0 Å². The lowest BCUT2D eigenvalue weighted by Crippen LogP contribution is -2.49. The monoisotopic (exact) mass is 471 g/mol. The van der Waals surface area contributed by atoms with Gasteiger partial charge in [-0.2, -0.15) is 4.89 Å². The summed E-state index contributed by atoms with van der Waals surface area (Å²) >= 11 is 0. The second kappa shape index (κ2) is 10.0. The smallest absolute Gasteiger partial charge is 0.169 e. The predicted molar refractivity (Wildman–Crippen MR) is 140 cm³/mol. The highest BCUT2D eigenvalue weighted by atomic mass is 17.2. The number of nitrogens with one attached hydrogen (secondary N) is 1. The number of hydrogen-bond donors (Lipinski definition) is 1. The van der Waals surface area contributed by atoms with Crippen molar-refractivity contribution in [2.24, 2.45) is 9.98 Å². The molecule has 1 heterocycles. The van der Waals surface area contributed by atoms with Gasteiger partial charge in [0.15, 0.2) is 11.9 Å². The molecule has 182 valence electrons. The van der Waals surface area contributed by atoms with Crippen LogP contribution >= 0.6 is 0 Å². The summed E-state index contributed by atoms with van der Waals surface area (Å²) in [4.78, 5) is 21.5. The molecule has 1 aliphatic rings. The molecule has 0 unspecified atom stereocenters. The van der Waals surface area contributed by atoms with Crippen LogP contribution in [-0.4, -0.2) is 30.0 Å². The molecule has 4 rings (SSSR count). The minimum Gasteiger partial charge on any atom is -0.376 e. The van der Waals surface area contributed by atoms with E-state index in [1.54, 1.807) is 7.11 Å². The summed E-state index contributed by atoms with van der Waals surface area (Å²) in [5.74, 6) is 2.13. The maximum Gasteiger partial charge on any atom is 0.169 e. The minimum atomic E-state index is -0.683. The molecule has 1 N–H and O–H groups in total. The maximum atomic E-state index is 5.84. The van der Waals surface area contributed by atoms with Gasteiger partial charge in [-0.1, -0.05) is 66.7 Å². The van der Waals surface area contributed by atoms with Gasteiger partial charge in [0.25, 0.3) is 0 Å². The molecule has 0 saturated heterocycles. The van der Waals surface area contributed by atoms with E-state index in [4.69, 9.17) is 24.5 Å². The zero-order valence-electron chi connectivity index (χ0n) is 21.2. The van der Waals surface area contributed by atoms with E-state index in [0.717, 1.165) is 33.9 Å². The second-order valence-corrected chi connectivity index (χ2v) is 9.66. The number of benzene rings is 3. The average molecular weight is 472 g/mol. The van der Waals surface area contributed by atoms with E-state index in [0.29, 0.717) is 5.75 Å². The second-order valence-electron chi connectivity index (χ2n) is 9.66. The summed E-state index contributed by atoms with van der Waals surface area (Å²) in [5.41, 5.74) is 2.71. The molecule has 35 heavy (non-hydrogen) atoms. The van der Waals surface area contributed by atoms with E-state index >= 15 is 0 Å². The highest BCUT2D eigenvalue weighted by Crippen LogP contribution is 2.32. The van der Waals surface area contributed by atoms with Crippen molar-refractivity contribution in [3.8, 4) is 5.75 Å².